The molecule has 0 aliphatic heterocycles. The van der Waals surface area contributed by atoms with E-state index in [9.17, 15) is 4.79 Å². The molecule has 0 radical (unpaired) electrons. The molecule has 0 rings (SSSR count). The van der Waals surface area contributed by atoms with Crippen LogP contribution in [0.25, 0.3) is 0 Å². The van der Waals surface area contributed by atoms with E-state index in [4.69, 9.17) is 15.3 Å². The fraction of sp³-hybridized carbons (Fsp3) is 0.700. The Bertz CT molecular complexity index is 177. The fourth-order valence-electron chi connectivity index (χ4n) is 0.723. The molecule has 0 saturated heterocycles. The van der Waals surface area contributed by atoms with Gasteiger partial charge in [0.1, 0.15) is 0 Å². The third kappa shape index (κ3) is 17.3. The van der Waals surface area contributed by atoms with Crippen LogP contribution in [0, 0.1) is 0 Å². The van der Waals surface area contributed by atoms with Crippen LogP contribution < -0.4 is 0 Å². The van der Waals surface area contributed by atoms with Gasteiger partial charge in [-0.15, -0.1) is 0 Å². The van der Waals surface area contributed by atoms with Crippen LogP contribution in [0.2, 0.25) is 0 Å². The lowest BCUT2D eigenvalue weighted by Gasteiger charge is -2.17. The van der Waals surface area contributed by atoms with Gasteiger partial charge in [0, 0.05) is 12.0 Å². The molecule has 1 atom stereocenters. The van der Waals surface area contributed by atoms with Gasteiger partial charge in [-0.2, -0.15) is 0 Å². The molecular weight excluding hydrogens is 184 g/mol. The Morgan fingerprint density at radius 3 is 1.79 bits per heavy atom. The maximum atomic E-state index is 9.60. The van der Waals surface area contributed by atoms with Crippen molar-refractivity contribution in [3.05, 3.63) is 12.2 Å². The molecule has 0 aromatic carbocycles. The Hall–Kier alpha value is -0.870. The Labute approximate surface area is 84.9 Å². The molecule has 0 fully saturated rings. The minimum atomic E-state index is -0.935. The highest BCUT2D eigenvalue weighted by atomic mass is 16.4. The highest BCUT2D eigenvalue weighted by molar-refractivity contribution is 5.84. The zero-order chi connectivity index (χ0) is 11.9. The summed E-state index contributed by atoms with van der Waals surface area (Å²) in [5, 5.41) is 25.6. The molecule has 1 unspecified atom stereocenters. The summed E-state index contributed by atoms with van der Waals surface area (Å²) >= 11 is 0. The third-order valence-electron chi connectivity index (χ3n) is 1.16. The number of aliphatic hydroxyl groups is 2. The normalized spacial score (nSPS) is 12.4. The maximum absolute atomic E-state index is 9.60. The molecule has 0 heterocycles. The average Bonchev–Trinajstić information content (AvgIpc) is 1.81. The molecule has 0 amide bonds. The molecule has 0 aromatic heterocycles. The Kier molecular flexibility index (Phi) is 7.31. The molecule has 4 nitrogen and oxygen atoms in total. The van der Waals surface area contributed by atoms with Gasteiger partial charge in [0.15, 0.2) is 0 Å². The van der Waals surface area contributed by atoms with E-state index in [-0.39, 0.29) is 5.57 Å². The summed E-state index contributed by atoms with van der Waals surface area (Å²) in [5.41, 5.74) is -0.552. The molecule has 0 aliphatic rings. The first-order chi connectivity index (χ1) is 6.06. The number of aliphatic hydroxyl groups excluding tert-OH is 1. The number of hydrogen-bond acceptors (Lipinski definition) is 3. The van der Waals surface area contributed by atoms with Crippen molar-refractivity contribution in [2.45, 2.75) is 45.8 Å². The lowest BCUT2D eigenvalue weighted by Crippen LogP contribution is -2.24. The predicted octanol–water partition coefficient (Wildman–Crippen LogP) is 1.18. The second kappa shape index (κ2) is 6.56. The van der Waals surface area contributed by atoms with Crippen molar-refractivity contribution in [1.29, 1.82) is 0 Å². The van der Waals surface area contributed by atoms with E-state index >= 15 is 0 Å². The van der Waals surface area contributed by atoms with Gasteiger partial charge in [0.2, 0.25) is 0 Å². The molecule has 0 aromatic rings. The lowest BCUT2D eigenvalue weighted by molar-refractivity contribution is -0.132. The van der Waals surface area contributed by atoms with Gasteiger partial charge in [-0.05, 0) is 27.7 Å². The highest BCUT2D eigenvalue weighted by Crippen LogP contribution is 2.09. The van der Waals surface area contributed by atoms with Crippen LogP contribution in [0.5, 0.6) is 0 Å². The summed E-state index contributed by atoms with van der Waals surface area (Å²) in [5.74, 6) is -0.935. The summed E-state index contributed by atoms with van der Waals surface area (Å²) in [6.07, 6.45) is 0.0301. The minimum absolute atomic E-state index is 0.176. The summed E-state index contributed by atoms with van der Waals surface area (Å²) in [6, 6.07) is 0. The van der Waals surface area contributed by atoms with Crippen LogP contribution in [0.1, 0.15) is 34.1 Å². The van der Waals surface area contributed by atoms with E-state index in [0.29, 0.717) is 6.42 Å². The molecule has 4 heteroatoms. The first-order valence-corrected chi connectivity index (χ1v) is 4.35. The first-order valence-electron chi connectivity index (χ1n) is 4.35. The Morgan fingerprint density at radius 1 is 1.50 bits per heavy atom. The van der Waals surface area contributed by atoms with Gasteiger partial charge < -0.3 is 15.3 Å². The summed E-state index contributed by atoms with van der Waals surface area (Å²) in [4.78, 5) is 9.60. The first kappa shape index (κ1) is 15.6. The van der Waals surface area contributed by atoms with E-state index in [1.54, 1.807) is 20.8 Å². The minimum Gasteiger partial charge on any atom is -0.478 e. The predicted molar refractivity (Wildman–Crippen MR) is 55.0 cm³/mol. The van der Waals surface area contributed by atoms with E-state index in [1.807, 2.05) is 0 Å². The smallest absolute Gasteiger partial charge is 0.330 e. The fourth-order valence-corrected chi connectivity index (χ4v) is 0.723. The van der Waals surface area contributed by atoms with Gasteiger partial charge in [0.25, 0.3) is 0 Å². The van der Waals surface area contributed by atoms with Gasteiger partial charge in [-0.1, -0.05) is 6.58 Å². The number of carbonyl (C=O) groups is 1. The van der Waals surface area contributed by atoms with Gasteiger partial charge >= 0.3 is 5.97 Å². The number of rotatable bonds is 3. The second-order valence-electron chi connectivity index (χ2n) is 3.95. The molecule has 0 saturated carbocycles. The number of aliphatic carboxylic acids is 1. The van der Waals surface area contributed by atoms with Crippen molar-refractivity contribution in [3.63, 3.8) is 0 Å². The zero-order valence-corrected chi connectivity index (χ0v) is 9.24. The van der Waals surface area contributed by atoms with Crippen LogP contribution in [0.15, 0.2) is 12.2 Å². The Morgan fingerprint density at radius 2 is 1.79 bits per heavy atom. The zero-order valence-electron chi connectivity index (χ0n) is 9.24. The largest absolute Gasteiger partial charge is 0.478 e. The third-order valence-corrected chi connectivity index (χ3v) is 1.16. The van der Waals surface area contributed by atoms with Crippen LogP contribution in [-0.4, -0.2) is 33.0 Å². The van der Waals surface area contributed by atoms with Crippen LogP contribution >= 0.6 is 0 Å². The molecule has 84 valence electrons. The van der Waals surface area contributed by atoms with Crippen molar-refractivity contribution in [2.75, 3.05) is 0 Å². The molecular formula is C10H20O4. The van der Waals surface area contributed by atoms with Gasteiger partial charge in [-0.3, -0.25) is 0 Å². The number of hydrogen-bond donors (Lipinski definition) is 3. The SMILES string of the molecule is C=C(C)C(=O)O.CC(O)CC(C)(C)O. The monoisotopic (exact) mass is 204 g/mol. The van der Waals surface area contributed by atoms with Crippen molar-refractivity contribution in [2.24, 2.45) is 0 Å². The quantitative estimate of drug-likeness (QED) is 0.603. The lowest BCUT2D eigenvalue weighted by atomic mass is 10.0. The summed E-state index contributed by atoms with van der Waals surface area (Å²) < 4.78 is 0. The molecule has 0 spiro atoms. The molecule has 3 N–H and O–H groups in total. The van der Waals surface area contributed by atoms with Crippen LogP contribution in [0.4, 0.5) is 0 Å². The molecule has 0 aliphatic carbocycles. The molecule has 14 heavy (non-hydrogen) atoms. The van der Waals surface area contributed by atoms with E-state index in [1.165, 1.54) is 6.92 Å². The average molecular weight is 204 g/mol. The standard InChI is InChI=1S/C6H14O2.C4H6O2/c1-5(7)4-6(2,3)8;1-3(2)4(5)6/h5,7-8H,4H2,1-3H3;1H2,2H3,(H,5,6). The topological polar surface area (TPSA) is 77.8 Å². The molecule has 0 bridgehead atoms. The highest BCUT2D eigenvalue weighted by Gasteiger charge is 2.14. The number of carboxylic acids is 1. The van der Waals surface area contributed by atoms with Gasteiger partial charge in [-0.25, -0.2) is 4.79 Å². The van der Waals surface area contributed by atoms with E-state index < -0.39 is 17.7 Å². The Balaban J connectivity index is 0. The van der Waals surface area contributed by atoms with Crippen LogP contribution in [0.3, 0.4) is 0 Å². The van der Waals surface area contributed by atoms with Crippen molar-refractivity contribution >= 4 is 5.97 Å². The van der Waals surface area contributed by atoms with E-state index in [0.717, 1.165) is 0 Å². The van der Waals surface area contributed by atoms with Crippen LogP contribution in [-0.2, 0) is 4.79 Å². The summed E-state index contributed by atoms with van der Waals surface area (Å²) in [6.45, 7) is 9.63. The number of carboxylic acid groups (broad SMARTS) is 1. The van der Waals surface area contributed by atoms with Crippen molar-refractivity contribution in [3.8, 4) is 0 Å². The van der Waals surface area contributed by atoms with Crippen molar-refractivity contribution in [1.82, 2.24) is 0 Å². The van der Waals surface area contributed by atoms with Crippen molar-refractivity contribution < 1.29 is 20.1 Å². The maximum Gasteiger partial charge on any atom is 0.330 e. The second-order valence-corrected chi connectivity index (χ2v) is 3.95. The van der Waals surface area contributed by atoms with E-state index in [2.05, 4.69) is 6.58 Å². The van der Waals surface area contributed by atoms with Gasteiger partial charge in [0.05, 0.1) is 11.7 Å². The summed E-state index contributed by atoms with van der Waals surface area (Å²) in [7, 11) is 0.